The predicted octanol–water partition coefficient (Wildman–Crippen LogP) is 2.16. The molecule has 106 valence electrons. The third kappa shape index (κ3) is 2.98. The van der Waals surface area contributed by atoms with Crippen LogP contribution in [0.25, 0.3) is 11.0 Å². The van der Waals surface area contributed by atoms with Gasteiger partial charge in [0.1, 0.15) is 11.3 Å². The van der Waals surface area contributed by atoms with E-state index in [1.165, 1.54) is 19.3 Å². The molecule has 19 heavy (non-hydrogen) atoms. The Labute approximate surface area is 119 Å². The van der Waals surface area contributed by atoms with Gasteiger partial charge < -0.3 is 15.4 Å². The summed E-state index contributed by atoms with van der Waals surface area (Å²) >= 11 is 0. The van der Waals surface area contributed by atoms with E-state index in [2.05, 4.69) is 32.8 Å². The van der Waals surface area contributed by atoms with E-state index in [4.69, 9.17) is 0 Å². The standard InChI is InChI=1S/C13H18N4.ClH.H2O/c1-9-8-11-12(14-9)13(16-10(2)15-11)17-6-4-3-5-7-17;;/h8,14H,3-7H2,1-2H3;1H;1H2. The van der Waals surface area contributed by atoms with Gasteiger partial charge in [0.05, 0.1) is 5.52 Å². The maximum atomic E-state index is 4.62. The lowest BCUT2D eigenvalue weighted by Crippen LogP contribution is -2.30. The van der Waals surface area contributed by atoms with Gasteiger partial charge in [-0.1, -0.05) is 0 Å². The molecular weight excluding hydrogens is 264 g/mol. The fraction of sp³-hybridized carbons (Fsp3) is 0.538. The van der Waals surface area contributed by atoms with Gasteiger partial charge in [0.15, 0.2) is 5.82 Å². The van der Waals surface area contributed by atoms with Crippen LogP contribution < -0.4 is 4.90 Å². The first-order chi connectivity index (χ1) is 8.24. The number of halogens is 1. The molecule has 3 heterocycles. The van der Waals surface area contributed by atoms with Crippen LogP contribution in [-0.4, -0.2) is 33.5 Å². The van der Waals surface area contributed by atoms with E-state index >= 15 is 0 Å². The zero-order valence-electron chi connectivity index (χ0n) is 11.4. The summed E-state index contributed by atoms with van der Waals surface area (Å²) in [5.74, 6) is 1.94. The molecule has 0 saturated carbocycles. The Hall–Kier alpha value is -1.33. The van der Waals surface area contributed by atoms with Gasteiger partial charge in [-0.2, -0.15) is 0 Å². The van der Waals surface area contributed by atoms with Crippen LogP contribution in [0, 0.1) is 13.8 Å². The molecule has 0 amide bonds. The highest BCUT2D eigenvalue weighted by Crippen LogP contribution is 2.26. The third-order valence-corrected chi connectivity index (χ3v) is 3.36. The monoisotopic (exact) mass is 284 g/mol. The minimum atomic E-state index is 0. The van der Waals surface area contributed by atoms with Gasteiger partial charge in [-0.15, -0.1) is 12.4 Å². The van der Waals surface area contributed by atoms with Gasteiger partial charge in [0, 0.05) is 18.8 Å². The summed E-state index contributed by atoms with van der Waals surface area (Å²) < 4.78 is 0. The summed E-state index contributed by atoms with van der Waals surface area (Å²) in [6, 6.07) is 2.09. The Morgan fingerprint density at radius 3 is 2.47 bits per heavy atom. The summed E-state index contributed by atoms with van der Waals surface area (Å²) in [6.45, 7) is 6.26. The fourth-order valence-electron chi connectivity index (χ4n) is 2.58. The molecule has 1 aliphatic rings. The average molecular weight is 285 g/mol. The molecule has 2 aromatic rings. The Kier molecular flexibility index (Phi) is 5.14. The molecule has 0 aromatic carbocycles. The van der Waals surface area contributed by atoms with Gasteiger partial charge in [0.2, 0.25) is 0 Å². The molecule has 0 spiro atoms. The number of hydrogen-bond acceptors (Lipinski definition) is 3. The number of anilines is 1. The molecule has 0 atom stereocenters. The number of nitrogens with one attached hydrogen (secondary N) is 1. The normalized spacial score (nSPS) is 14.9. The van der Waals surface area contributed by atoms with Crippen LogP contribution >= 0.6 is 12.4 Å². The summed E-state index contributed by atoms with van der Waals surface area (Å²) in [6.07, 6.45) is 3.88. The van der Waals surface area contributed by atoms with Crippen molar-refractivity contribution < 1.29 is 5.48 Å². The number of piperidine rings is 1. The minimum absolute atomic E-state index is 0. The SMILES string of the molecule is Cc1nc(N2CCCCC2)c2[nH]c(C)cc2n1.Cl.O. The topological polar surface area (TPSA) is 76.3 Å². The van der Waals surface area contributed by atoms with Crippen LogP contribution in [-0.2, 0) is 0 Å². The number of aromatic amines is 1. The lowest BCUT2D eigenvalue weighted by atomic mass is 10.1. The maximum Gasteiger partial charge on any atom is 0.156 e. The van der Waals surface area contributed by atoms with Gasteiger partial charge in [0.25, 0.3) is 0 Å². The molecule has 5 nitrogen and oxygen atoms in total. The number of fused-ring (bicyclic) bond motifs is 1. The van der Waals surface area contributed by atoms with Crippen molar-refractivity contribution in [3.63, 3.8) is 0 Å². The molecule has 1 fully saturated rings. The highest BCUT2D eigenvalue weighted by Gasteiger charge is 2.17. The van der Waals surface area contributed by atoms with Gasteiger partial charge in [-0.05, 0) is 39.2 Å². The first kappa shape index (κ1) is 15.7. The third-order valence-electron chi connectivity index (χ3n) is 3.36. The highest BCUT2D eigenvalue weighted by molar-refractivity contribution is 5.87. The van der Waals surface area contributed by atoms with Crippen molar-refractivity contribution in [2.45, 2.75) is 33.1 Å². The summed E-state index contributed by atoms with van der Waals surface area (Å²) in [4.78, 5) is 14.9. The molecule has 1 saturated heterocycles. The molecule has 0 aliphatic carbocycles. The van der Waals surface area contributed by atoms with Crippen molar-refractivity contribution in [1.82, 2.24) is 15.0 Å². The molecule has 3 rings (SSSR count). The van der Waals surface area contributed by atoms with E-state index < -0.39 is 0 Å². The zero-order valence-corrected chi connectivity index (χ0v) is 12.2. The summed E-state index contributed by atoms with van der Waals surface area (Å²) in [7, 11) is 0. The number of H-pyrrole nitrogens is 1. The van der Waals surface area contributed by atoms with Crippen LogP contribution in [0.3, 0.4) is 0 Å². The second-order valence-corrected chi connectivity index (χ2v) is 4.85. The van der Waals surface area contributed by atoms with E-state index in [9.17, 15) is 0 Å². The largest absolute Gasteiger partial charge is 0.412 e. The Bertz CT molecular complexity index is 549. The minimum Gasteiger partial charge on any atom is -0.412 e. The lowest BCUT2D eigenvalue weighted by molar-refractivity contribution is 0.574. The number of nitrogens with zero attached hydrogens (tertiary/aromatic N) is 3. The first-order valence-electron chi connectivity index (χ1n) is 6.33. The lowest BCUT2D eigenvalue weighted by Gasteiger charge is -2.28. The van der Waals surface area contributed by atoms with Crippen LogP contribution in [0.2, 0.25) is 0 Å². The van der Waals surface area contributed by atoms with E-state index in [0.717, 1.165) is 41.5 Å². The van der Waals surface area contributed by atoms with Crippen molar-refractivity contribution in [2.75, 3.05) is 18.0 Å². The average Bonchev–Trinajstić information content (AvgIpc) is 2.69. The van der Waals surface area contributed by atoms with Gasteiger partial charge >= 0.3 is 0 Å². The molecule has 2 aromatic heterocycles. The van der Waals surface area contributed by atoms with Crippen molar-refractivity contribution >= 4 is 29.3 Å². The number of hydrogen-bond donors (Lipinski definition) is 1. The molecule has 0 radical (unpaired) electrons. The van der Waals surface area contributed by atoms with Gasteiger partial charge in [-0.25, -0.2) is 9.97 Å². The number of rotatable bonds is 1. The first-order valence-corrected chi connectivity index (χ1v) is 6.33. The molecule has 3 N–H and O–H groups in total. The summed E-state index contributed by atoms with van der Waals surface area (Å²) in [5, 5.41) is 0. The zero-order chi connectivity index (χ0) is 11.8. The van der Waals surface area contributed by atoms with E-state index in [-0.39, 0.29) is 17.9 Å². The molecule has 6 heteroatoms. The smallest absolute Gasteiger partial charge is 0.156 e. The second-order valence-electron chi connectivity index (χ2n) is 4.85. The van der Waals surface area contributed by atoms with Gasteiger partial charge in [-0.3, -0.25) is 0 Å². The van der Waals surface area contributed by atoms with E-state index in [0.29, 0.717) is 0 Å². The maximum absolute atomic E-state index is 4.62. The number of aromatic nitrogens is 3. The Balaban J connectivity index is 0.000000902. The highest BCUT2D eigenvalue weighted by atomic mass is 35.5. The Morgan fingerprint density at radius 2 is 1.79 bits per heavy atom. The summed E-state index contributed by atoms with van der Waals surface area (Å²) in [5.41, 5.74) is 3.28. The van der Waals surface area contributed by atoms with Crippen LogP contribution in [0.5, 0.6) is 0 Å². The van der Waals surface area contributed by atoms with Crippen molar-refractivity contribution in [1.29, 1.82) is 0 Å². The van der Waals surface area contributed by atoms with Crippen molar-refractivity contribution in [3.8, 4) is 0 Å². The molecule has 0 unspecified atom stereocenters. The van der Waals surface area contributed by atoms with E-state index in [1.54, 1.807) is 0 Å². The quantitative estimate of drug-likeness (QED) is 0.872. The number of aryl methyl sites for hydroxylation is 2. The molecule has 0 bridgehead atoms. The Morgan fingerprint density at radius 1 is 1.11 bits per heavy atom. The second kappa shape index (κ2) is 6.21. The van der Waals surface area contributed by atoms with Crippen LogP contribution in [0.1, 0.15) is 30.8 Å². The van der Waals surface area contributed by atoms with Crippen LogP contribution in [0.4, 0.5) is 5.82 Å². The van der Waals surface area contributed by atoms with Crippen molar-refractivity contribution in [2.24, 2.45) is 0 Å². The predicted molar refractivity (Wildman–Crippen MR) is 80.3 cm³/mol. The van der Waals surface area contributed by atoms with E-state index in [1.807, 2.05) is 6.92 Å². The van der Waals surface area contributed by atoms with Crippen LogP contribution in [0.15, 0.2) is 6.07 Å². The van der Waals surface area contributed by atoms with Crippen molar-refractivity contribution in [3.05, 3.63) is 17.6 Å². The molecular formula is C13H21ClN4O. The fourth-order valence-corrected chi connectivity index (χ4v) is 2.58. The molecule has 1 aliphatic heterocycles.